The molecule has 1 aromatic heterocycles. The van der Waals surface area contributed by atoms with Gasteiger partial charge < -0.3 is 14.8 Å². The minimum absolute atomic E-state index is 0.0250. The first-order chi connectivity index (χ1) is 13.0. The summed E-state index contributed by atoms with van der Waals surface area (Å²) in [5.41, 5.74) is 1.03. The number of nitrogens with one attached hydrogen (secondary N) is 1. The minimum atomic E-state index is -1.22. The van der Waals surface area contributed by atoms with Crippen molar-refractivity contribution >= 4 is 11.6 Å². The topological polar surface area (TPSA) is 80.1 Å². The van der Waals surface area contributed by atoms with E-state index in [1.807, 2.05) is 6.07 Å². The number of hydrogen-bond donors (Lipinski definition) is 1. The molecule has 1 heterocycles. The summed E-state index contributed by atoms with van der Waals surface area (Å²) in [4.78, 5) is 8.06. The first-order valence-corrected chi connectivity index (χ1v) is 7.51. The summed E-state index contributed by atoms with van der Waals surface area (Å²) >= 11 is 0. The Kier molecular flexibility index (Phi) is 5.08. The van der Waals surface area contributed by atoms with Crippen LogP contribution in [0.25, 0.3) is 0 Å². The molecular weight excluding hydrogens is 361 g/mol. The Morgan fingerprint density at radius 3 is 2.19 bits per heavy atom. The van der Waals surface area contributed by atoms with Crippen LogP contribution in [-0.2, 0) is 0 Å². The Balaban J connectivity index is 1.90. The van der Waals surface area contributed by atoms with E-state index >= 15 is 0 Å². The molecule has 0 radical (unpaired) electrons. The van der Waals surface area contributed by atoms with Crippen molar-refractivity contribution in [2.24, 2.45) is 0 Å². The van der Waals surface area contributed by atoms with E-state index in [0.717, 1.165) is 0 Å². The van der Waals surface area contributed by atoms with E-state index in [4.69, 9.17) is 14.7 Å². The molecule has 0 saturated heterocycles. The molecule has 0 spiro atoms. The maximum Gasteiger partial charge on any atom is 0.233 e. The molecule has 0 amide bonds. The lowest BCUT2D eigenvalue weighted by Crippen LogP contribution is -2.02. The predicted molar refractivity (Wildman–Crippen MR) is 89.4 cm³/mol. The number of hydrogen-bond acceptors (Lipinski definition) is 6. The van der Waals surface area contributed by atoms with Gasteiger partial charge in [0.1, 0.15) is 5.82 Å². The van der Waals surface area contributed by atoms with Gasteiger partial charge in [-0.2, -0.15) is 15.2 Å². The summed E-state index contributed by atoms with van der Waals surface area (Å²) in [6.45, 7) is 0. The van der Waals surface area contributed by atoms with Crippen LogP contribution in [0.5, 0.6) is 17.5 Å². The lowest BCUT2D eigenvalue weighted by Gasteiger charge is -2.11. The highest BCUT2D eigenvalue weighted by Gasteiger charge is 2.16. The number of methoxy groups -OCH3 is 1. The van der Waals surface area contributed by atoms with E-state index in [2.05, 4.69) is 15.3 Å². The van der Waals surface area contributed by atoms with Gasteiger partial charge in [0.05, 0.1) is 24.8 Å². The zero-order valence-electron chi connectivity index (χ0n) is 13.8. The van der Waals surface area contributed by atoms with Gasteiger partial charge in [-0.05, 0) is 24.3 Å². The number of aromatic nitrogens is 2. The number of nitrogens with zero attached hydrogens (tertiary/aromatic N) is 3. The van der Waals surface area contributed by atoms with Crippen molar-refractivity contribution in [3.63, 3.8) is 0 Å². The van der Waals surface area contributed by atoms with Crippen molar-refractivity contribution in [1.29, 1.82) is 5.26 Å². The molecule has 9 heteroatoms. The van der Waals surface area contributed by atoms with Gasteiger partial charge in [0, 0.05) is 17.8 Å². The van der Waals surface area contributed by atoms with Crippen LogP contribution in [0.15, 0.2) is 42.5 Å². The molecule has 0 aliphatic rings. The smallest absolute Gasteiger partial charge is 0.233 e. The van der Waals surface area contributed by atoms with Crippen molar-refractivity contribution in [2.45, 2.75) is 0 Å². The molecule has 0 bridgehead atoms. The summed E-state index contributed by atoms with van der Waals surface area (Å²) < 4.78 is 50.7. The lowest BCUT2D eigenvalue weighted by atomic mass is 10.2. The van der Waals surface area contributed by atoms with Crippen LogP contribution in [0.3, 0.4) is 0 Å². The molecule has 2 aromatic carbocycles. The molecule has 0 fully saturated rings. The Bertz CT molecular complexity index is 997. The molecule has 0 saturated carbocycles. The summed E-state index contributed by atoms with van der Waals surface area (Å²) in [7, 11) is 1.34. The van der Waals surface area contributed by atoms with Gasteiger partial charge in [0.15, 0.2) is 11.6 Å². The molecule has 0 atom stereocenters. The third kappa shape index (κ3) is 4.24. The number of ether oxygens (including phenoxy) is 2. The Hall–Kier alpha value is -3.80. The minimum Gasteiger partial charge on any atom is -0.481 e. The highest BCUT2D eigenvalue weighted by Crippen LogP contribution is 2.30. The fourth-order valence-corrected chi connectivity index (χ4v) is 2.10. The van der Waals surface area contributed by atoms with Crippen LogP contribution in [0, 0.1) is 28.8 Å². The number of anilines is 2. The van der Waals surface area contributed by atoms with Crippen LogP contribution >= 0.6 is 0 Å². The van der Waals surface area contributed by atoms with Gasteiger partial charge in [-0.3, -0.25) is 0 Å². The molecule has 0 aliphatic heterocycles. The molecule has 3 aromatic rings. The summed E-state index contributed by atoms with van der Waals surface area (Å²) in [6, 6.07) is 10.6. The van der Waals surface area contributed by atoms with Crippen LogP contribution < -0.4 is 14.8 Å². The highest BCUT2D eigenvalue weighted by atomic mass is 19.1. The first kappa shape index (κ1) is 18.0. The lowest BCUT2D eigenvalue weighted by molar-refractivity contribution is 0.373. The third-order valence-corrected chi connectivity index (χ3v) is 3.33. The standard InChI is InChI=1S/C18H11F3N4O2/c1-26-15-8-16(27-17-13(20)6-11(19)7-14(17)21)25-18(24-15)23-12-4-2-10(9-22)3-5-12/h2-8H,1H3,(H,23,24,25). The Morgan fingerprint density at radius 2 is 1.59 bits per heavy atom. The average Bonchev–Trinajstić information content (AvgIpc) is 2.65. The zero-order valence-corrected chi connectivity index (χ0v) is 13.8. The van der Waals surface area contributed by atoms with Crippen molar-refractivity contribution in [3.05, 3.63) is 65.5 Å². The predicted octanol–water partition coefficient (Wildman–Crippen LogP) is 4.31. The molecule has 27 heavy (non-hydrogen) atoms. The number of benzene rings is 2. The van der Waals surface area contributed by atoms with Gasteiger partial charge in [0.25, 0.3) is 0 Å². The van der Waals surface area contributed by atoms with Crippen LogP contribution in [0.4, 0.5) is 24.8 Å². The molecule has 1 N–H and O–H groups in total. The van der Waals surface area contributed by atoms with Crippen molar-refractivity contribution in [2.75, 3.05) is 12.4 Å². The first-order valence-electron chi connectivity index (χ1n) is 7.51. The van der Waals surface area contributed by atoms with Gasteiger partial charge in [-0.25, -0.2) is 13.2 Å². The largest absolute Gasteiger partial charge is 0.481 e. The summed E-state index contributed by atoms with van der Waals surface area (Å²) in [5.74, 6) is -4.43. The van der Waals surface area contributed by atoms with E-state index in [1.54, 1.807) is 24.3 Å². The second-order valence-electron chi connectivity index (χ2n) is 5.19. The Labute approximate surface area is 151 Å². The van der Waals surface area contributed by atoms with Crippen LogP contribution in [-0.4, -0.2) is 17.1 Å². The second-order valence-corrected chi connectivity index (χ2v) is 5.19. The second kappa shape index (κ2) is 7.61. The van der Waals surface area contributed by atoms with Crippen molar-refractivity contribution < 1.29 is 22.6 Å². The van der Waals surface area contributed by atoms with Crippen LogP contribution in [0.2, 0.25) is 0 Å². The van der Waals surface area contributed by atoms with Gasteiger partial charge in [0.2, 0.25) is 23.5 Å². The van der Waals surface area contributed by atoms with E-state index in [1.165, 1.54) is 13.2 Å². The van der Waals surface area contributed by atoms with E-state index in [-0.39, 0.29) is 17.7 Å². The number of nitriles is 1. The normalized spacial score (nSPS) is 10.2. The van der Waals surface area contributed by atoms with Crippen LogP contribution in [0.1, 0.15) is 5.56 Å². The number of halogens is 3. The molecule has 0 unspecified atom stereocenters. The van der Waals surface area contributed by atoms with E-state index in [9.17, 15) is 13.2 Å². The third-order valence-electron chi connectivity index (χ3n) is 3.33. The van der Waals surface area contributed by atoms with Crippen molar-refractivity contribution in [3.8, 4) is 23.6 Å². The Morgan fingerprint density at radius 1 is 0.963 bits per heavy atom. The van der Waals surface area contributed by atoms with E-state index < -0.39 is 23.2 Å². The fourth-order valence-electron chi connectivity index (χ4n) is 2.10. The summed E-state index contributed by atoms with van der Waals surface area (Å²) in [5, 5.41) is 11.7. The fraction of sp³-hybridized carbons (Fsp3) is 0.0556. The number of rotatable bonds is 5. The maximum atomic E-state index is 13.8. The maximum absolute atomic E-state index is 13.8. The highest BCUT2D eigenvalue weighted by molar-refractivity contribution is 5.55. The molecule has 6 nitrogen and oxygen atoms in total. The SMILES string of the molecule is COc1cc(Oc2c(F)cc(F)cc2F)nc(Nc2ccc(C#N)cc2)n1. The van der Waals surface area contributed by atoms with Gasteiger partial charge in [-0.15, -0.1) is 0 Å². The van der Waals surface area contributed by atoms with Gasteiger partial charge in [-0.1, -0.05) is 0 Å². The quantitative estimate of drug-likeness (QED) is 0.719. The van der Waals surface area contributed by atoms with E-state index in [0.29, 0.717) is 23.4 Å². The summed E-state index contributed by atoms with van der Waals surface area (Å²) in [6.07, 6.45) is 0. The monoisotopic (exact) mass is 372 g/mol. The molecule has 3 rings (SSSR count). The molecule has 136 valence electrons. The molecule has 0 aliphatic carbocycles. The van der Waals surface area contributed by atoms with Gasteiger partial charge >= 0.3 is 0 Å². The van der Waals surface area contributed by atoms with Crippen molar-refractivity contribution in [1.82, 2.24) is 9.97 Å². The zero-order chi connectivity index (χ0) is 19.4. The molecular formula is C18H11F3N4O2. The average molecular weight is 372 g/mol.